The van der Waals surface area contributed by atoms with Gasteiger partial charge in [-0.05, 0) is 25.1 Å². The summed E-state index contributed by atoms with van der Waals surface area (Å²) in [7, 11) is 0. The van der Waals surface area contributed by atoms with Crippen LogP contribution in [0.3, 0.4) is 0 Å². The lowest BCUT2D eigenvalue weighted by Gasteiger charge is -2.22. The number of nitriles is 1. The Morgan fingerprint density at radius 1 is 1.04 bits per heavy atom. The zero-order chi connectivity index (χ0) is 16.2. The molecule has 0 radical (unpaired) electrons. The number of benzene rings is 2. The van der Waals surface area contributed by atoms with Gasteiger partial charge >= 0.3 is 0 Å². The first-order chi connectivity index (χ1) is 11.3. The molecule has 0 aliphatic heterocycles. The Kier molecular flexibility index (Phi) is 4.40. The summed E-state index contributed by atoms with van der Waals surface area (Å²) in [6.07, 6.45) is 0. The SMILES string of the molecule is CCN(c1ccccc1)c1scc(-c2ccccc2F)c1C#N. The highest BCUT2D eigenvalue weighted by molar-refractivity contribution is 7.15. The van der Waals surface area contributed by atoms with Crippen LogP contribution in [0.25, 0.3) is 11.1 Å². The molecule has 3 aromatic rings. The highest BCUT2D eigenvalue weighted by Crippen LogP contribution is 2.40. The smallest absolute Gasteiger partial charge is 0.131 e. The van der Waals surface area contributed by atoms with Gasteiger partial charge in [-0.1, -0.05) is 36.4 Å². The monoisotopic (exact) mass is 322 g/mol. The predicted octanol–water partition coefficient (Wildman–Crippen LogP) is 5.58. The predicted molar refractivity (Wildman–Crippen MR) is 93.6 cm³/mol. The first-order valence-corrected chi connectivity index (χ1v) is 8.23. The molecule has 0 aliphatic rings. The zero-order valence-electron chi connectivity index (χ0n) is 12.7. The summed E-state index contributed by atoms with van der Waals surface area (Å²) in [5, 5.41) is 12.3. The third-order valence-corrected chi connectivity index (χ3v) is 4.68. The van der Waals surface area contributed by atoms with Crippen LogP contribution >= 0.6 is 11.3 Å². The summed E-state index contributed by atoms with van der Waals surface area (Å²) in [5.74, 6) is -0.309. The van der Waals surface area contributed by atoms with Gasteiger partial charge in [0.15, 0.2) is 0 Å². The second-order valence-corrected chi connectivity index (χ2v) is 5.86. The van der Waals surface area contributed by atoms with E-state index in [1.165, 1.54) is 17.4 Å². The van der Waals surface area contributed by atoms with Gasteiger partial charge < -0.3 is 4.90 Å². The maximum atomic E-state index is 14.1. The molecule has 3 rings (SSSR count). The molecule has 0 amide bonds. The lowest BCUT2D eigenvalue weighted by molar-refractivity contribution is 0.631. The minimum Gasteiger partial charge on any atom is -0.332 e. The fraction of sp³-hybridized carbons (Fsp3) is 0.105. The maximum absolute atomic E-state index is 14.1. The van der Waals surface area contributed by atoms with Gasteiger partial charge in [-0.2, -0.15) is 5.26 Å². The molecule has 0 unspecified atom stereocenters. The number of hydrogen-bond donors (Lipinski definition) is 0. The average Bonchev–Trinajstić information content (AvgIpc) is 3.00. The Morgan fingerprint density at radius 2 is 1.74 bits per heavy atom. The second-order valence-electron chi connectivity index (χ2n) is 5.00. The standard InChI is InChI=1S/C19H15FN2S/c1-2-22(14-8-4-3-5-9-14)19-16(12-21)17(13-23-19)15-10-6-7-11-18(15)20/h3-11,13H,2H2,1H3. The van der Waals surface area contributed by atoms with E-state index in [4.69, 9.17) is 0 Å². The first-order valence-electron chi connectivity index (χ1n) is 7.35. The number of thiophene rings is 1. The number of rotatable bonds is 4. The van der Waals surface area contributed by atoms with Crippen LogP contribution in [0.1, 0.15) is 12.5 Å². The minimum absolute atomic E-state index is 0.309. The number of hydrogen-bond acceptors (Lipinski definition) is 3. The van der Waals surface area contributed by atoms with E-state index in [2.05, 4.69) is 11.0 Å². The van der Waals surface area contributed by atoms with Gasteiger partial charge in [-0.3, -0.25) is 0 Å². The van der Waals surface area contributed by atoms with Crippen LogP contribution in [0.4, 0.5) is 15.1 Å². The quantitative estimate of drug-likeness (QED) is 0.626. The van der Waals surface area contributed by atoms with Crippen molar-refractivity contribution in [2.75, 3.05) is 11.4 Å². The molecular weight excluding hydrogens is 307 g/mol. The Morgan fingerprint density at radius 3 is 2.39 bits per heavy atom. The number of anilines is 2. The largest absolute Gasteiger partial charge is 0.332 e. The van der Waals surface area contributed by atoms with E-state index in [1.54, 1.807) is 18.2 Å². The van der Waals surface area contributed by atoms with Crippen molar-refractivity contribution < 1.29 is 4.39 Å². The number of halogens is 1. The molecule has 0 bridgehead atoms. The molecular formula is C19H15FN2S. The van der Waals surface area contributed by atoms with Crippen LogP contribution < -0.4 is 4.90 Å². The van der Waals surface area contributed by atoms with Gasteiger partial charge in [0, 0.05) is 28.7 Å². The Hall–Kier alpha value is -2.64. The minimum atomic E-state index is -0.309. The van der Waals surface area contributed by atoms with Crippen LogP contribution in [0.15, 0.2) is 60.0 Å². The molecule has 0 saturated heterocycles. The normalized spacial score (nSPS) is 10.3. The molecule has 4 heteroatoms. The third kappa shape index (κ3) is 2.84. The van der Waals surface area contributed by atoms with Gasteiger partial charge in [0.1, 0.15) is 16.9 Å². The summed E-state index contributed by atoms with van der Waals surface area (Å²) in [6, 6.07) is 18.7. The van der Waals surface area contributed by atoms with E-state index >= 15 is 0 Å². The molecule has 1 heterocycles. The summed E-state index contributed by atoms with van der Waals surface area (Å²) < 4.78 is 14.1. The molecule has 0 spiro atoms. The zero-order valence-corrected chi connectivity index (χ0v) is 13.5. The van der Waals surface area contributed by atoms with Gasteiger partial charge in [0.25, 0.3) is 0 Å². The summed E-state index contributed by atoms with van der Waals surface area (Å²) in [4.78, 5) is 2.08. The van der Waals surface area contributed by atoms with Gasteiger partial charge in [0.2, 0.25) is 0 Å². The number of nitrogens with zero attached hydrogens (tertiary/aromatic N) is 2. The van der Waals surface area contributed by atoms with Crippen molar-refractivity contribution in [2.45, 2.75) is 6.92 Å². The van der Waals surface area contributed by atoms with Crippen molar-refractivity contribution in [1.29, 1.82) is 5.26 Å². The molecule has 0 N–H and O–H groups in total. The molecule has 2 aromatic carbocycles. The molecule has 0 fully saturated rings. The molecule has 0 atom stereocenters. The highest BCUT2D eigenvalue weighted by atomic mass is 32.1. The topological polar surface area (TPSA) is 27.0 Å². The van der Waals surface area contributed by atoms with Crippen molar-refractivity contribution >= 4 is 22.0 Å². The third-order valence-electron chi connectivity index (χ3n) is 3.68. The van der Waals surface area contributed by atoms with E-state index in [9.17, 15) is 9.65 Å². The van der Waals surface area contributed by atoms with Crippen LogP contribution in [-0.4, -0.2) is 6.54 Å². The van der Waals surface area contributed by atoms with Crippen LogP contribution in [0, 0.1) is 17.1 Å². The Labute approximate surface area is 139 Å². The van der Waals surface area contributed by atoms with Gasteiger partial charge in [0.05, 0.1) is 5.56 Å². The second kappa shape index (κ2) is 6.64. The average molecular weight is 322 g/mol. The van der Waals surface area contributed by atoms with Crippen LogP contribution in [-0.2, 0) is 0 Å². The van der Waals surface area contributed by atoms with Crippen molar-refractivity contribution in [3.63, 3.8) is 0 Å². The lowest BCUT2D eigenvalue weighted by atomic mass is 10.0. The molecule has 2 nitrogen and oxygen atoms in total. The fourth-order valence-corrected chi connectivity index (χ4v) is 3.69. The molecule has 0 saturated carbocycles. The number of para-hydroxylation sites is 1. The Bertz CT molecular complexity index is 849. The van der Waals surface area contributed by atoms with Crippen LogP contribution in [0.5, 0.6) is 0 Å². The van der Waals surface area contributed by atoms with Crippen molar-refractivity contribution in [2.24, 2.45) is 0 Å². The van der Waals surface area contributed by atoms with E-state index < -0.39 is 0 Å². The molecule has 114 valence electrons. The van der Waals surface area contributed by atoms with E-state index in [-0.39, 0.29) is 5.82 Å². The fourth-order valence-electron chi connectivity index (χ4n) is 2.58. The van der Waals surface area contributed by atoms with Crippen LogP contribution in [0.2, 0.25) is 0 Å². The molecule has 0 aliphatic carbocycles. The van der Waals surface area contributed by atoms with E-state index in [0.29, 0.717) is 16.7 Å². The summed E-state index contributed by atoms with van der Waals surface area (Å²) >= 11 is 1.47. The summed E-state index contributed by atoms with van der Waals surface area (Å²) in [5.41, 5.74) is 2.66. The molecule has 1 aromatic heterocycles. The Balaban J connectivity index is 2.12. The van der Waals surface area contributed by atoms with E-state index in [1.807, 2.05) is 42.6 Å². The summed E-state index contributed by atoms with van der Waals surface area (Å²) in [6.45, 7) is 2.77. The van der Waals surface area contributed by atoms with Crippen molar-refractivity contribution in [1.82, 2.24) is 0 Å². The maximum Gasteiger partial charge on any atom is 0.131 e. The first kappa shape index (κ1) is 15.3. The highest BCUT2D eigenvalue weighted by Gasteiger charge is 2.20. The van der Waals surface area contributed by atoms with Crippen molar-refractivity contribution in [3.05, 3.63) is 71.4 Å². The van der Waals surface area contributed by atoms with Gasteiger partial charge in [-0.15, -0.1) is 11.3 Å². The molecule has 23 heavy (non-hydrogen) atoms. The van der Waals surface area contributed by atoms with Gasteiger partial charge in [-0.25, -0.2) is 4.39 Å². The lowest BCUT2D eigenvalue weighted by Crippen LogP contribution is -2.15. The van der Waals surface area contributed by atoms with E-state index in [0.717, 1.165) is 17.2 Å². The van der Waals surface area contributed by atoms with Crippen molar-refractivity contribution in [3.8, 4) is 17.2 Å².